The van der Waals surface area contributed by atoms with Crippen molar-refractivity contribution >= 4 is 39.8 Å². The summed E-state index contributed by atoms with van der Waals surface area (Å²) in [6.45, 7) is 2.01. The van der Waals surface area contributed by atoms with Crippen LogP contribution in [0, 0.1) is 6.92 Å². The van der Waals surface area contributed by atoms with E-state index in [0.29, 0.717) is 0 Å². The van der Waals surface area contributed by atoms with Gasteiger partial charge in [-0.3, -0.25) is 4.79 Å². The highest BCUT2D eigenvalue weighted by Gasteiger charge is 2.10. The van der Waals surface area contributed by atoms with E-state index in [0.717, 1.165) is 4.90 Å². The quantitative estimate of drug-likeness (QED) is 0.754. The molecule has 1 aromatic rings. The lowest BCUT2D eigenvalue weighted by Crippen LogP contribution is -2.05. The monoisotopic (exact) mass is 263 g/mol. The van der Waals surface area contributed by atoms with Gasteiger partial charge in [-0.1, -0.05) is 51.6 Å². The number of hydrogen-bond acceptors (Lipinski definition) is 1. The predicted octanol–water partition coefficient (Wildman–Crippen LogP) is 3.12. The minimum atomic E-state index is -1.06. The molecule has 0 aliphatic rings. The average Bonchev–Trinajstić information content (AvgIpc) is 2.18. The number of amides is 1. The highest BCUT2D eigenvalue weighted by atomic mass is 35.5. The minimum absolute atomic E-state index is 0.482. The Bertz CT molecular complexity index is 387. The lowest BCUT2D eigenvalue weighted by atomic mass is 10.2. The topological polar surface area (TPSA) is 29.4 Å². The van der Waals surface area contributed by atoms with E-state index in [4.69, 9.17) is 23.2 Å². The molecule has 1 unspecified atom stereocenters. The Labute approximate surface area is 102 Å². The van der Waals surface area contributed by atoms with Crippen molar-refractivity contribution < 1.29 is 4.79 Å². The van der Waals surface area contributed by atoms with Crippen LogP contribution < -0.4 is 0 Å². The Balaban J connectivity index is 2.89. The summed E-state index contributed by atoms with van der Waals surface area (Å²) < 4.78 is 3.90. The molecule has 1 rings (SSSR count). The van der Waals surface area contributed by atoms with Crippen LogP contribution in [0.15, 0.2) is 33.5 Å². The van der Waals surface area contributed by atoms with Crippen molar-refractivity contribution in [3.8, 4) is 0 Å². The van der Waals surface area contributed by atoms with Crippen molar-refractivity contribution in [2.24, 2.45) is 4.36 Å². The summed E-state index contributed by atoms with van der Waals surface area (Å²) in [5.41, 5.74) is 1.18. The maximum Gasteiger partial charge on any atom is 0.285 e. The minimum Gasteiger partial charge on any atom is -0.269 e. The van der Waals surface area contributed by atoms with Crippen LogP contribution in [0.5, 0.6) is 0 Å². The normalized spacial score (nSPS) is 13.1. The molecule has 0 heterocycles. The summed E-state index contributed by atoms with van der Waals surface area (Å²) in [6.07, 6.45) is 1.86. The summed E-state index contributed by atoms with van der Waals surface area (Å²) in [4.78, 5) is 11.1. The van der Waals surface area contributed by atoms with E-state index in [9.17, 15) is 4.79 Å². The summed E-state index contributed by atoms with van der Waals surface area (Å²) >= 11 is 10.8. The number of benzene rings is 1. The second kappa shape index (κ2) is 5.64. The second-order valence-corrected chi connectivity index (χ2v) is 5.73. The fourth-order valence-corrected chi connectivity index (χ4v) is 2.19. The van der Waals surface area contributed by atoms with Crippen LogP contribution in [0.25, 0.3) is 0 Å². The zero-order valence-electron chi connectivity index (χ0n) is 8.41. The molecule has 0 saturated heterocycles. The fourth-order valence-electron chi connectivity index (χ4n) is 0.963. The van der Waals surface area contributed by atoms with Crippen LogP contribution in [0.3, 0.4) is 0 Å². The van der Waals surface area contributed by atoms with Crippen molar-refractivity contribution in [3.05, 3.63) is 29.8 Å². The number of alkyl halides is 2. The lowest BCUT2D eigenvalue weighted by molar-refractivity contribution is -0.116. The molecule has 0 fully saturated rings. The fraction of sp³-hybridized carbons (Fsp3) is 0.300. The Kier molecular flexibility index (Phi) is 4.77. The zero-order chi connectivity index (χ0) is 11.4. The van der Waals surface area contributed by atoms with Crippen LogP contribution >= 0.6 is 23.2 Å². The Morgan fingerprint density at radius 1 is 1.33 bits per heavy atom. The third-order valence-electron chi connectivity index (χ3n) is 1.78. The highest BCUT2D eigenvalue weighted by Crippen LogP contribution is 2.11. The Hall–Kier alpha value is -0.380. The molecule has 0 N–H and O–H groups in total. The summed E-state index contributed by atoms with van der Waals surface area (Å²) in [7, 11) is -0.486. The van der Waals surface area contributed by atoms with Crippen molar-refractivity contribution in [2.75, 3.05) is 6.26 Å². The van der Waals surface area contributed by atoms with Crippen molar-refractivity contribution in [3.63, 3.8) is 0 Å². The summed E-state index contributed by atoms with van der Waals surface area (Å²) in [5.74, 6) is -0.482. The van der Waals surface area contributed by atoms with Gasteiger partial charge >= 0.3 is 0 Å². The molecule has 82 valence electrons. The number of carbonyl (C=O) groups excluding carboxylic acids is 1. The SMILES string of the molecule is Cc1ccc(S(C)=NC(=O)C(Cl)Cl)cc1. The number of halogens is 2. The van der Waals surface area contributed by atoms with Gasteiger partial charge in [-0.05, 0) is 25.3 Å². The number of aryl methyl sites for hydroxylation is 1. The van der Waals surface area contributed by atoms with E-state index < -0.39 is 21.4 Å². The van der Waals surface area contributed by atoms with Gasteiger partial charge in [-0.25, -0.2) is 0 Å². The Morgan fingerprint density at radius 2 is 1.87 bits per heavy atom. The standard InChI is InChI=1S/C10H11Cl2NOS/c1-7-3-5-8(6-4-7)15(2)13-10(14)9(11)12/h3-6,9H,1-2H3. The largest absolute Gasteiger partial charge is 0.285 e. The molecule has 5 heteroatoms. The molecule has 1 amide bonds. The third-order valence-corrected chi connectivity index (χ3v) is 3.56. The number of hydrogen-bond donors (Lipinski definition) is 0. The smallest absolute Gasteiger partial charge is 0.269 e. The van der Waals surface area contributed by atoms with Gasteiger partial charge < -0.3 is 0 Å². The third kappa shape index (κ3) is 3.93. The molecule has 2 nitrogen and oxygen atoms in total. The van der Waals surface area contributed by atoms with Crippen molar-refractivity contribution in [2.45, 2.75) is 16.7 Å². The second-order valence-electron chi connectivity index (χ2n) is 3.02. The molecule has 15 heavy (non-hydrogen) atoms. The van der Waals surface area contributed by atoms with Gasteiger partial charge in [0.15, 0.2) is 4.84 Å². The van der Waals surface area contributed by atoms with Crippen molar-refractivity contribution in [1.82, 2.24) is 0 Å². The average molecular weight is 264 g/mol. The van der Waals surface area contributed by atoms with Crippen LogP contribution in [-0.4, -0.2) is 17.0 Å². The highest BCUT2D eigenvalue weighted by molar-refractivity contribution is 7.87. The van der Waals surface area contributed by atoms with Crippen LogP contribution in [0.1, 0.15) is 5.56 Å². The van der Waals surface area contributed by atoms with Gasteiger partial charge in [0.25, 0.3) is 5.91 Å². The van der Waals surface area contributed by atoms with Crippen molar-refractivity contribution in [1.29, 1.82) is 0 Å². The van der Waals surface area contributed by atoms with Gasteiger partial charge in [-0.15, -0.1) is 0 Å². The van der Waals surface area contributed by atoms with Crippen LogP contribution in [-0.2, 0) is 15.5 Å². The predicted molar refractivity (Wildman–Crippen MR) is 65.7 cm³/mol. The molecule has 0 aliphatic carbocycles. The first-order chi connectivity index (χ1) is 7.00. The van der Waals surface area contributed by atoms with Crippen LogP contribution in [0.2, 0.25) is 0 Å². The summed E-state index contributed by atoms with van der Waals surface area (Å²) in [6, 6.07) is 7.87. The van der Waals surface area contributed by atoms with Gasteiger partial charge in [0.05, 0.1) is 0 Å². The molecule has 1 atom stereocenters. The van der Waals surface area contributed by atoms with Gasteiger partial charge in [-0.2, -0.15) is 4.36 Å². The zero-order valence-corrected chi connectivity index (χ0v) is 10.7. The first-order valence-electron chi connectivity index (χ1n) is 4.27. The first kappa shape index (κ1) is 12.7. The summed E-state index contributed by atoms with van der Waals surface area (Å²) in [5, 5.41) is 0. The van der Waals surface area contributed by atoms with Gasteiger partial charge in [0.2, 0.25) is 0 Å². The number of carbonyl (C=O) groups is 1. The van der Waals surface area contributed by atoms with E-state index >= 15 is 0 Å². The molecule has 0 aromatic heterocycles. The van der Waals surface area contributed by atoms with E-state index in [1.807, 2.05) is 37.4 Å². The first-order valence-corrected chi connectivity index (χ1v) is 6.73. The molecule has 1 aromatic carbocycles. The molecule has 0 aliphatic heterocycles. The molecular formula is C10H11Cl2NOS. The Morgan fingerprint density at radius 3 is 2.33 bits per heavy atom. The van der Waals surface area contributed by atoms with E-state index in [1.54, 1.807) is 0 Å². The van der Waals surface area contributed by atoms with E-state index in [2.05, 4.69) is 4.36 Å². The van der Waals surface area contributed by atoms with E-state index in [1.165, 1.54) is 5.56 Å². The maximum atomic E-state index is 11.2. The molecule has 0 spiro atoms. The maximum absolute atomic E-state index is 11.2. The van der Waals surface area contributed by atoms with E-state index in [-0.39, 0.29) is 0 Å². The number of nitrogens with zero attached hydrogens (tertiary/aromatic N) is 1. The lowest BCUT2D eigenvalue weighted by Gasteiger charge is -2.02. The molecule has 0 radical (unpaired) electrons. The molecule has 0 saturated carbocycles. The van der Waals surface area contributed by atoms with Crippen LogP contribution in [0.4, 0.5) is 0 Å². The van der Waals surface area contributed by atoms with Gasteiger partial charge in [0.1, 0.15) is 0 Å². The number of rotatable bonds is 2. The molecule has 0 bridgehead atoms. The molecular weight excluding hydrogens is 253 g/mol. The van der Waals surface area contributed by atoms with Gasteiger partial charge in [0, 0.05) is 4.90 Å².